The van der Waals surface area contributed by atoms with E-state index < -0.39 is 6.10 Å². The first kappa shape index (κ1) is 27.6. The molecule has 0 bridgehead atoms. The molecule has 2 heterocycles. The molecule has 3 fully saturated rings. The minimum atomic E-state index is -0.442. The molecule has 8 nitrogen and oxygen atoms in total. The van der Waals surface area contributed by atoms with Crippen molar-refractivity contribution in [1.82, 2.24) is 10.9 Å². The average molecular weight is 500 g/mol. The van der Waals surface area contributed by atoms with Crippen LogP contribution in [0.5, 0.6) is 5.75 Å². The van der Waals surface area contributed by atoms with Crippen molar-refractivity contribution in [3.05, 3.63) is 40.5 Å². The molecule has 2 saturated heterocycles. The molecule has 1 aliphatic carbocycles. The van der Waals surface area contributed by atoms with Crippen molar-refractivity contribution in [3.63, 3.8) is 0 Å². The average Bonchev–Trinajstić information content (AvgIpc) is 2.83. The molecule has 33 heavy (non-hydrogen) atoms. The van der Waals surface area contributed by atoms with Gasteiger partial charge < -0.3 is 31.7 Å². The van der Waals surface area contributed by atoms with Crippen LogP contribution >= 0.6 is 0 Å². The molecule has 1 aromatic rings. The van der Waals surface area contributed by atoms with Crippen LogP contribution in [0.15, 0.2) is 34.5 Å². The minimum absolute atomic E-state index is 0. The summed E-state index contributed by atoms with van der Waals surface area (Å²) < 4.78 is 0. The van der Waals surface area contributed by atoms with Gasteiger partial charge in [-0.25, -0.2) is 0 Å². The first-order chi connectivity index (χ1) is 15.7. The second kappa shape index (κ2) is 16.1. The second-order valence-corrected chi connectivity index (χ2v) is 8.65. The SMILES string of the molecule is [Co+2].[O-]C1CCCCC1/C=N/NC1CCCC[N-]1.[O-]c1ccccc1/C=N\NC1CCCC[N-]1. The van der Waals surface area contributed by atoms with Crippen LogP contribution in [-0.2, 0) is 16.8 Å². The third-order valence-corrected chi connectivity index (χ3v) is 6.06. The van der Waals surface area contributed by atoms with Gasteiger partial charge in [0.2, 0.25) is 0 Å². The summed E-state index contributed by atoms with van der Waals surface area (Å²) in [7, 11) is 0. The van der Waals surface area contributed by atoms with Gasteiger partial charge in [-0.15, -0.1) is 19.2 Å². The van der Waals surface area contributed by atoms with E-state index in [9.17, 15) is 10.2 Å². The van der Waals surface area contributed by atoms with E-state index in [4.69, 9.17) is 0 Å². The van der Waals surface area contributed by atoms with Crippen LogP contribution in [-0.4, -0.2) is 44.0 Å². The fraction of sp³-hybridized carbons (Fsp3) is 0.667. The Kier molecular flexibility index (Phi) is 13.4. The zero-order chi connectivity index (χ0) is 22.4. The fourth-order valence-corrected chi connectivity index (χ4v) is 4.09. The van der Waals surface area contributed by atoms with Gasteiger partial charge in [0.1, 0.15) is 0 Å². The molecule has 0 amide bonds. The summed E-state index contributed by atoms with van der Waals surface area (Å²) in [5.74, 6) is 0.124. The van der Waals surface area contributed by atoms with Crippen LogP contribution in [0.25, 0.3) is 10.6 Å². The summed E-state index contributed by atoms with van der Waals surface area (Å²) in [6, 6.07) is 6.84. The van der Waals surface area contributed by atoms with Crippen LogP contribution in [0.4, 0.5) is 0 Å². The Bertz CT molecular complexity index is 708. The summed E-state index contributed by atoms with van der Waals surface area (Å²) in [6.07, 6.45) is 14.2. The van der Waals surface area contributed by atoms with Gasteiger partial charge >= 0.3 is 16.8 Å². The largest absolute Gasteiger partial charge is 2.00 e. The predicted octanol–water partition coefficient (Wildman–Crippen LogP) is 2.93. The molecule has 4 unspecified atom stereocenters. The molecule has 4 rings (SSSR count). The summed E-state index contributed by atoms with van der Waals surface area (Å²) in [5.41, 5.74) is 6.62. The topological polar surface area (TPSA) is 123 Å². The van der Waals surface area contributed by atoms with E-state index in [0.717, 1.165) is 45.2 Å². The Hall–Kier alpha value is -1.65. The number of hydrogen-bond donors (Lipinski definition) is 2. The van der Waals surface area contributed by atoms with Crippen LogP contribution in [0.2, 0.25) is 0 Å². The molecular formula is C24H36CoN6O2-2. The molecule has 9 heteroatoms. The van der Waals surface area contributed by atoms with Crippen molar-refractivity contribution in [2.24, 2.45) is 16.1 Å². The maximum atomic E-state index is 11.6. The van der Waals surface area contributed by atoms with E-state index in [1.165, 1.54) is 38.2 Å². The summed E-state index contributed by atoms with van der Waals surface area (Å²) in [6.45, 7) is 1.85. The van der Waals surface area contributed by atoms with Crippen molar-refractivity contribution < 1.29 is 27.0 Å². The van der Waals surface area contributed by atoms with Gasteiger partial charge in [0, 0.05) is 6.21 Å². The minimum Gasteiger partial charge on any atom is -0.872 e. The molecule has 1 radical (unpaired) electrons. The van der Waals surface area contributed by atoms with E-state index in [0.29, 0.717) is 5.56 Å². The molecule has 2 aliphatic heterocycles. The van der Waals surface area contributed by atoms with Crippen molar-refractivity contribution in [1.29, 1.82) is 0 Å². The van der Waals surface area contributed by atoms with Crippen LogP contribution < -0.4 is 21.1 Å². The summed E-state index contributed by atoms with van der Waals surface area (Å²) >= 11 is 0. The molecule has 3 aliphatic rings. The number of benzene rings is 1. The predicted molar refractivity (Wildman–Crippen MR) is 126 cm³/mol. The maximum absolute atomic E-state index is 11.6. The van der Waals surface area contributed by atoms with Gasteiger partial charge in [0.15, 0.2) is 0 Å². The molecule has 185 valence electrons. The zero-order valence-electron chi connectivity index (χ0n) is 19.2. The fourth-order valence-electron chi connectivity index (χ4n) is 4.09. The van der Waals surface area contributed by atoms with E-state index >= 15 is 0 Å². The number of hydrogen-bond acceptors (Lipinski definition) is 6. The standard InChI is InChI=1S/C12H21N3O.C12H16N3O.Co/c2*16-11-6-2-1-5-10(11)9-14-15-12-7-3-4-8-13-12;/h9-12,15H,1-8H2;1-2,5-6,9,12,15-16H,3-4,7-8H2;/q-2;-1;+2/p-1/b14-9+;14-9-;. The summed E-state index contributed by atoms with van der Waals surface area (Å²) in [5, 5.41) is 40.0. The molecule has 4 atom stereocenters. The quantitative estimate of drug-likeness (QED) is 0.461. The van der Waals surface area contributed by atoms with Crippen molar-refractivity contribution in [3.8, 4) is 5.75 Å². The van der Waals surface area contributed by atoms with E-state index in [-0.39, 0.29) is 40.8 Å². The maximum Gasteiger partial charge on any atom is 2.00 e. The smallest absolute Gasteiger partial charge is 0.872 e. The Balaban J connectivity index is 0.000000227. The van der Waals surface area contributed by atoms with Gasteiger partial charge in [0.05, 0.1) is 6.21 Å². The van der Waals surface area contributed by atoms with Crippen LogP contribution in [0, 0.1) is 5.92 Å². The molecule has 0 aromatic heterocycles. The number of hydrazone groups is 2. The first-order valence-electron chi connectivity index (χ1n) is 12.0. The Morgan fingerprint density at radius 1 is 0.818 bits per heavy atom. The monoisotopic (exact) mass is 499 g/mol. The first-order valence-corrected chi connectivity index (χ1v) is 12.0. The molecule has 1 aromatic carbocycles. The van der Waals surface area contributed by atoms with Gasteiger partial charge in [-0.2, -0.15) is 10.2 Å². The molecule has 0 spiro atoms. The van der Waals surface area contributed by atoms with Gasteiger partial charge in [-0.1, -0.05) is 87.8 Å². The zero-order valence-corrected chi connectivity index (χ0v) is 20.2. The third kappa shape index (κ3) is 10.4. The van der Waals surface area contributed by atoms with Crippen LogP contribution in [0.1, 0.15) is 69.8 Å². The normalized spacial score (nSPS) is 27.9. The van der Waals surface area contributed by atoms with Crippen molar-refractivity contribution in [2.75, 3.05) is 13.1 Å². The van der Waals surface area contributed by atoms with Gasteiger partial charge in [-0.3, -0.25) is 0 Å². The van der Waals surface area contributed by atoms with Gasteiger partial charge in [0.25, 0.3) is 0 Å². The Morgan fingerprint density at radius 2 is 1.42 bits per heavy atom. The van der Waals surface area contributed by atoms with Gasteiger partial charge in [-0.05, 0) is 30.2 Å². The van der Waals surface area contributed by atoms with E-state index in [1.807, 2.05) is 12.3 Å². The molecular weight excluding hydrogens is 463 g/mol. The van der Waals surface area contributed by atoms with Crippen molar-refractivity contribution >= 4 is 12.4 Å². The molecule has 1 saturated carbocycles. The number of nitrogens with zero attached hydrogens (tertiary/aromatic N) is 4. The Labute approximate surface area is 208 Å². The molecule has 2 N–H and O–H groups in total. The number of piperidine rings is 2. The Morgan fingerprint density at radius 3 is 2.03 bits per heavy atom. The third-order valence-electron chi connectivity index (χ3n) is 6.06. The number of para-hydroxylation sites is 1. The van der Waals surface area contributed by atoms with E-state index in [2.05, 4.69) is 31.7 Å². The van der Waals surface area contributed by atoms with E-state index in [1.54, 1.807) is 18.3 Å². The second-order valence-electron chi connectivity index (χ2n) is 8.65. The van der Waals surface area contributed by atoms with Crippen molar-refractivity contribution in [2.45, 2.75) is 82.6 Å². The van der Waals surface area contributed by atoms with Crippen LogP contribution in [0.3, 0.4) is 0 Å². The number of nitrogens with one attached hydrogen (secondary N) is 2. The summed E-state index contributed by atoms with van der Waals surface area (Å²) in [4.78, 5) is 0. The number of rotatable bonds is 6.